The Bertz CT molecular complexity index is 869. The van der Waals surface area contributed by atoms with Gasteiger partial charge in [-0.05, 0) is 42.7 Å². The highest BCUT2D eigenvalue weighted by Gasteiger charge is 2.31. The van der Waals surface area contributed by atoms with Gasteiger partial charge in [0, 0.05) is 32.4 Å². The van der Waals surface area contributed by atoms with Gasteiger partial charge in [0.05, 0.1) is 11.5 Å². The van der Waals surface area contributed by atoms with Crippen LogP contribution in [0.5, 0.6) is 0 Å². The minimum absolute atomic E-state index is 0.118. The maximum Gasteiger partial charge on any atom is 0.416 e. The van der Waals surface area contributed by atoms with Gasteiger partial charge in [0.25, 0.3) is 0 Å². The second-order valence-electron chi connectivity index (χ2n) is 7.47. The lowest BCUT2D eigenvalue weighted by molar-refractivity contribution is -0.138. The number of nitrogens with zero attached hydrogens (tertiary/aromatic N) is 2. The molecule has 0 bridgehead atoms. The van der Waals surface area contributed by atoms with Gasteiger partial charge in [0.15, 0.2) is 0 Å². The molecule has 2 aromatic rings. The summed E-state index contributed by atoms with van der Waals surface area (Å²) in [7, 11) is 1.63. The number of anilines is 1. The molecular formula is C22H24F3N3O2. The molecule has 0 radical (unpaired) electrons. The lowest BCUT2D eigenvalue weighted by atomic mass is 9.96. The van der Waals surface area contributed by atoms with E-state index in [-0.39, 0.29) is 24.4 Å². The molecule has 3 amide bonds. The molecule has 1 atom stereocenters. The predicted octanol–water partition coefficient (Wildman–Crippen LogP) is 4.61. The summed E-state index contributed by atoms with van der Waals surface area (Å²) in [5, 5.41) is 2.83. The normalized spacial score (nSPS) is 16.8. The molecule has 5 nitrogen and oxygen atoms in total. The third kappa shape index (κ3) is 5.52. The van der Waals surface area contributed by atoms with Crippen LogP contribution in [0.1, 0.15) is 24.0 Å². The highest BCUT2D eigenvalue weighted by atomic mass is 19.4. The zero-order chi connectivity index (χ0) is 21.7. The number of likely N-dealkylation sites (tertiary alicyclic amines) is 1. The van der Waals surface area contributed by atoms with Crippen LogP contribution in [0, 0.1) is 5.92 Å². The van der Waals surface area contributed by atoms with Crippen molar-refractivity contribution in [2.75, 3.05) is 25.5 Å². The SMILES string of the molecule is CN(Cc1ccc(C(F)(F)F)cc1)C(=O)[C@H]1CCCN(C(=O)Nc2ccccc2)C1. The van der Waals surface area contributed by atoms with E-state index >= 15 is 0 Å². The van der Waals surface area contributed by atoms with Gasteiger partial charge in [-0.15, -0.1) is 0 Å². The average Bonchev–Trinajstić information content (AvgIpc) is 2.73. The molecule has 0 unspecified atom stereocenters. The van der Waals surface area contributed by atoms with Gasteiger partial charge in [-0.2, -0.15) is 13.2 Å². The van der Waals surface area contributed by atoms with Crippen molar-refractivity contribution in [3.05, 3.63) is 65.7 Å². The molecule has 30 heavy (non-hydrogen) atoms. The van der Waals surface area contributed by atoms with Crippen molar-refractivity contribution in [1.82, 2.24) is 9.80 Å². The van der Waals surface area contributed by atoms with E-state index in [1.165, 1.54) is 17.0 Å². The second-order valence-corrected chi connectivity index (χ2v) is 7.47. The molecule has 0 aliphatic carbocycles. The van der Waals surface area contributed by atoms with E-state index in [0.29, 0.717) is 37.2 Å². The fraction of sp³-hybridized carbons (Fsp3) is 0.364. The number of urea groups is 1. The van der Waals surface area contributed by atoms with Gasteiger partial charge in [-0.3, -0.25) is 4.79 Å². The number of hydrogen-bond acceptors (Lipinski definition) is 2. The van der Waals surface area contributed by atoms with Gasteiger partial charge in [-0.25, -0.2) is 4.79 Å². The lowest BCUT2D eigenvalue weighted by Crippen LogP contribution is -2.47. The van der Waals surface area contributed by atoms with Gasteiger partial charge < -0.3 is 15.1 Å². The largest absolute Gasteiger partial charge is 0.416 e. The van der Waals surface area contributed by atoms with Crippen LogP contribution < -0.4 is 5.32 Å². The standard InChI is InChI=1S/C22H24F3N3O2/c1-27(14-16-9-11-18(12-10-16)22(23,24)25)20(29)17-6-5-13-28(15-17)21(30)26-19-7-3-2-4-8-19/h2-4,7-12,17H,5-6,13-15H2,1H3,(H,26,30)/t17-/m0/s1. The second kappa shape index (κ2) is 9.19. The number of piperidine rings is 1. The first-order valence-electron chi connectivity index (χ1n) is 9.76. The maximum absolute atomic E-state index is 12.8. The van der Waals surface area contributed by atoms with Crippen LogP contribution >= 0.6 is 0 Å². The maximum atomic E-state index is 12.8. The number of hydrogen-bond donors (Lipinski definition) is 1. The van der Waals surface area contributed by atoms with E-state index in [1.807, 2.05) is 18.2 Å². The van der Waals surface area contributed by atoms with Gasteiger partial charge in [0.2, 0.25) is 5.91 Å². The Hall–Kier alpha value is -3.03. The van der Waals surface area contributed by atoms with Crippen molar-refractivity contribution in [2.24, 2.45) is 5.92 Å². The van der Waals surface area contributed by atoms with Gasteiger partial charge in [-0.1, -0.05) is 30.3 Å². The Morgan fingerprint density at radius 3 is 2.40 bits per heavy atom. The summed E-state index contributed by atoms with van der Waals surface area (Å²) in [5.41, 5.74) is 0.594. The van der Waals surface area contributed by atoms with Crippen molar-refractivity contribution >= 4 is 17.6 Å². The molecule has 2 aromatic carbocycles. The molecule has 8 heteroatoms. The molecule has 0 aromatic heterocycles. The average molecular weight is 419 g/mol. The first-order valence-corrected chi connectivity index (χ1v) is 9.76. The quantitative estimate of drug-likeness (QED) is 0.787. The summed E-state index contributed by atoms with van der Waals surface area (Å²) in [6.07, 6.45) is -3.00. The monoisotopic (exact) mass is 419 g/mol. The van der Waals surface area contributed by atoms with Crippen LogP contribution in [0.25, 0.3) is 0 Å². The lowest BCUT2D eigenvalue weighted by Gasteiger charge is -2.34. The van der Waals surface area contributed by atoms with Crippen LogP contribution in [0.15, 0.2) is 54.6 Å². The summed E-state index contributed by atoms with van der Waals surface area (Å²) in [6.45, 7) is 1.10. The van der Waals surface area contributed by atoms with Crippen molar-refractivity contribution in [3.63, 3.8) is 0 Å². The first kappa shape index (κ1) is 21.7. The molecular weight excluding hydrogens is 395 g/mol. The molecule has 0 spiro atoms. The number of amides is 3. The number of carbonyl (C=O) groups is 2. The molecule has 1 aliphatic rings. The molecule has 1 aliphatic heterocycles. The van der Waals surface area contributed by atoms with Crippen molar-refractivity contribution in [2.45, 2.75) is 25.6 Å². The molecule has 0 saturated carbocycles. The summed E-state index contributed by atoms with van der Waals surface area (Å²) in [4.78, 5) is 28.5. The van der Waals surface area contributed by atoms with Crippen LogP contribution in [0.3, 0.4) is 0 Å². The molecule has 3 rings (SSSR count). The molecule has 1 N–H and O–H groups in total. The van der Waals surface area contributed by atoms with Crippen LogP contribution in [0.4, 0.5) is 23.7 Å². The summed E-state index contributed by atoms with van der Waals surface area (Å²) in [6, 6.07) is 13.7. The topological polar surface area (TPSA) is 52.7 Å². The zero-order valence-electron chi connectivity index (χ0n) is 16.7. The molecule has 1 heterocycles. The third-order valence-corrected chi connectivity index (χ3v) is 5.16. The van der Waals surface area contributed by atoms with E-state index < -0.39 is 11.7 Å². The van der Waals surface area contributed by atoms with Crippen molar-refractivity contribution in [1.29, 1.82) is 0 Å². The van der Waals surface area contributed by atoms with E-state index in [1.54, 1.807) is 24.1 Å². The fourth-order valence-corrected chi connectivity index (χ4v) is 3.55. The molecule has 160 valence electrons. The van der Waals surface area contributed by atoms with Gasteiger partial charge >= 0.3 is 12.2 Å². The summed E-state index contributed by atoms with van der Waals surface area (Å²) < 4.78 is 38.1. The summed E-state index contributed by atoms with van der Waals surface area (Å²) >= 11 is 0. The minimum atomic E-state index is -4.38. The smallest absolute Gasteiger partial charge is 0.341 e. The number of carbonyl (C=O) groups excluding carboxylic acids is 2. The fourth-order valence-electron chi connectivity index (χ4n) is 3.55. The van der Waals surface area contributed by atoms with Crippen LogP contribution in [-0.2, 0) is 17.5 Å². The van der Waals surface area contributed by atoms with E-state index in [9.17, 15) is 22.8 Å². The first-order chi connectivity index (χ1) is 14.2. The van der Waals surface area contributed by atoms with Crippen molar-refractivity contribution in [3.8, 4) is 0 Å². The van der Waals surface area contributed by atoms with E-state index in [2.05, 4.69) is 5.32 Å². The number of halogens is 3. The Morgan fingerprint density at radius 1 is 1.10 bits per heavy atom. The number of alkyl halides is 3. The van der Waals surface area contributed by atoms with Crippen LogP contribution in [0.2, 0.25) is 0 Å². The molecule has 1 saturated heterocycles. The van der Waals surface area contributed by atoms with E-state index in [0.717, 1.165) is 12.1 Å². The van der Waals surface area contributed by atoms with Crippen LogP contribution in [-0.4, -0.2) is 41.9 Å². The number of nitrogens with one attached hydrogen (secondary N) is 1. The summed E-state index contributed by atoms with van der Waals surface area (Å²) in [5.74, 6) is -0.452. The van der Waals surface area contributed by atoms with Crippen molar-refractivity contribution < 1.29 is 22.8 Å². The third-order valence-electron chi connectivity index (χ3n) is 5.16. The van der Waals surface area contributed by atoms with E-state index in [4.69, 9.17) is 0 Å². The highest BCUT2D eigenvalue weighted by molar-refractivity contribution is 5.90. The number of benzene rings is 2. The highest BCUT2D eigenvalue weighted by Crippen LogP contribution is 2.29. The Morgan fingerprint density at radius 2 is 1.77 bits per heavy atom. The zero-order valence-corrected chi connectivity index (χ0v) is 16.7. The molecule has 1 fully saturated rings. The Labute approximate surface area is 173 Å². The Balaban J connectivity index is 1.57. The number of para-hydroxylation sites is 1. The minimum Gasteiger partial charge on any atom is -0.341 e. The van der Waals surface area contributed by atoms with Gasteiger partial charge in [0.1, 0.15) is 0 Å². The Kier molecular flexibility index (Phi) is 6.64. The predicted molar refractivity (Wildman–Crippen MR) is 108 cm³/mol. The number of rotatable bonds is 4.